The predicted octanol–water partition coefficient (Wildman–Crippen LogP) is 0.818. The molecule has 0 bridgehead atoms. The predicted molar refractivity (Wildman–Crippen MR) is 59.6 cm³/mol. The van der Waals surface area contributed by atoms with Crippen LogP contribution in [0, 0.1) is 5.92 Å². The molecule has 1 fully saturated rings. The van der Waals surface area contributed by atoms with E-state index < -0.39 is 23.6 Å². The van der Waals surface area contributed by atoms with E-state index in [9.17, 15) is 14.0 Å². The van der Waals surface area contributed by atoms with E-state index in [0.717, 1.165) is 4.57 Å². The van der Waals surface area contributed by atoms with Gasteiger partial charge in [0.15, 0.2) is 12.4 Å². The molecular formula is C11H15FN2O3. The number of nitrogens with one attached hydrogen (secondary N) is 1. The zero-order valence-electron chi connectivity index (χ0n) is 9.72. The molecule has 1 aliphatic heterocycles. The smallest absolute Gasteiger partial charge is 0.330 e. The Balaban J connectivity index is 2.35. The summed E-state index contributed by atoms with van der Waals surface area (Å²) in [5.74, 6) is -0.260. The van der Waals surface area contributed by atoms with Crippen molar-refractivity contribution in [2.24, 2.45) is 5.92 Å². The van der Waals surface area contributed by atoms with Crippen LogP contribution in [0.25, 0.3) is 0 Å². The number of hydrogen-bond acceptors (Lipinski definition) is 3. The van der Waals surface area contributed by atoms with E-state index in [1.807, 2.05) is 6.92 Å². The second-order valence-electron chi connectivity index (χ2n) is 4.29. The molecule has 1 aromatic rings. The van der Waals surface area contributed by atoms with Crippen LogP contribution >= 0.6 is 0 Å². The topological polar surface area (TPSA) is 64.1 Å². The van der Waals surface area contributed by atoms with Crippen molar-refractivity contribution in [1.82, 2.24) is 9.55 Å². The average molecular weight is 242 g/mol. The summed E-state index contributed by atoms with van der Waals surface area (Å²) in [6.07, 6.45) is -0.434. The first-order valence-corrected chi connectivity index (χ1v) is 5.65. The van der Waals surface area contributed by atoms with Gasteiger partial charge in [0.1, 0.15) is 0 Å². The van der Waals surface area contributed by atoms with Gasteiger partial charge in [0, 0.05) is 18.2 Å². The molecule has 0 aromatic carbocycles. The Labute approximate surface area is 97.2 Å². The molecule has 4 atom stereocenters. The number of alkyl halides is 1. The molecule has 0 unspecified atom stereocenters. The largest absolute Gasteiger partial charge is 0.351 e. The van der Waals surface area contributed by atoms with Gasteiger partial charge in [0.05, 0.1) is 6.10 Å². The average Bonchev–Trinajstić information content (AvgIpc) is 2.57. The third-order valence-corrected chi connectivity index (χ3v) is 3.20. The van der Waals surface area contributed by atoms with E-state index in [1.54, 1.807) is 6.92 Å². The zero-order valence-corrected chi connectivity index (χ0v) is 9.72. The van der Waals surface area contributed by atoms with E-state index in [1.165, 1.54) is 12.3 Å². The van der Waals surface area contributed by atoms with Gasteiger partial charge in [0.25, 0.3) is 5.56 Å². The van der Waals surface area contributed by atoms with Crippen molar-refractivity contribution >= 4 is 0 Å². The molecule has 5 nitrogen and oxygen atoms in total. The third-order valence-electron chi connectivity index (χ3n) is 3.20. The summed E-state index contributed by atoms with van der Waals surface area (Å²) < 4.78 is 20.6. The fraction of sp³-hybridized carbons (Fsp3) is 0.636. The highest BCUT2D eigenvalue weighted by molar-refractivity contribution is 4.91. The van der Waals surface area contributed by atoms with Crippen LogP contribution in [-0.2, 0) is 4.74 Å². The molecule has 1 saturated heterocycles. The highest BCUT2D eigenvalue weighted by Gasteiger charge is 2.42. The fourth-order valence-electron chi connectivity index (χ4n) is 2.16. The molecule has 1 N–H and O–H groups in total. The number of rotatable bonds is 2. The normalized spacial score (nSPS) is 32.9. The monoisotopic (exact) mass is 242 g/mol. The van der Waals surface area contributed by atoms with Gasteiger partial charge < -0.3 is 4.74 Å². The zero-order chi connectivity index (χ0) is 12.6. The molecule has 0 saturated carbocycles. The fourth-order valence-corrected chi connectivity index (χ4v) is 2.16. The maximum atomic E-state index is 14.0. The number of ether oxygens (including phenoxy) is 1. The molecule has 0 spiro atoms. The summed E-state index contributed by atoms with van der Waals surface area (Å²) in [6.45, 7) is 3.67. The van der Waals surface area contributed by atoms with Gasteiger partial charge >= 0.3 is 5.69 Å². The molecule has 2 rings (SSSR count). The number of hydrogen-bond donors (Lipinski definition) is 1. The number of nitrogens with zero attached hydrogens (tertiary/aromatic N) is 1. The SMILES string of the molecule is CC[C@H]1O[C@@H](n2ccc(=O)[nH]c2=O)[C@@H](F)[C@@H]1C. The summed E-state index contributed by atoms with van der Waals surface area (Å²) in [5, 5.41) is 0. The maximum absolute atomic E-state index is 14.0. The van der Waals surface area contributed by atoms with Gasteiger partial charge in [0.2, 0.25) is 0 Å². The lowest BCUT2D eigenvalue weighted by atomic mass is 10.00. The Kier molecular flexibility index (Phi) is 3.15. The summed E-state index contributed by atoms with van der Waals surface area (Å²) >= 11 is 0. The van der Waals surface area contributed by atoms with Crippen molar-refractivity contribution in [2.45, 2.75) is 38.8 Å². The molecule has 17 heavy (non-hydrogen) atoms. The van der Waals surface area contributed by atoms with Gasteiger partial charge in [-0.3, -0.25) is 14.3 Å². The summed E-state index contributed by atoms with van der Waals surface area (Å²) in [6, 6.07) is 1.18. The second-order valence-corrected chi connectivity index (χ2v) is 4.29. The van der Waals surface area contributed by atoms with Gasteiger partial charge in [-0.15, -0.1) is 0 Å². The summed E-state index contributed by atoms with van der Waals surface area (Å²) in [7, 11) is 0. The Morgan fingerprint density at radius 1 is 1.53 bits per heavy atom. The lowest BCUT2D eigenvalue weighted by molar-refractivity contribution is -0.0236. The van der Waals surface area contributed by atoms with Crippen LogP contribution in [-0.4, -0.2) is 21.8 Å². The van der Waals surface area contributed by atoms with Crippen molar-refractivity contribution < 1.29 is 9.13 Å². The first kappa shape index (κ1) is 12.0. The molecule has 1 aromatic heterocycles. The highest BCUT2D eigenvalue weighted by Crippen LogP contribution is 2.36. The van der Waals surface area contributed by atoms with Crippen LogP contribution in [0.5, 0.6) is 0 Å². The van der Waals surface area contributed by atoms with Crippen LogP contribution < -0.4 is 11.2 Å². The van der Waals surface area contributed by atoms with Crippen LogP contribution in [0.3, 0.4) is 0 Å². The van der Waals surface area contributed by atoms with Crippen LogP contribution in [0.2, 0.25) is 0 Å². The number of halogens is 1. The quantitative estimate of drug-likeness (QED) is 0.835. The lowest BCUT2D eigenvalue weighted by Crippen LogP contribution is -2.34. The molecule has 1 aliphatic rings. The summed E-state index contributed by atoms with van der Waals surface area (Å²) in [5.41, 5.74) is -1.14. The van der Waals surface area contributed by atoms with Crippen molar-refractivity contribution in [3.05, 3.63) is 33.1 Å². The molecule has 94 valence electrons. The van der Waals surface area contributed by atoms with Gasteiger partial charge in [-0.2, -0.15) is 0 Å². The Morgan fingerprint density at radius 3 is 2.76 bits per heavy atom. The number of H-pyrrole nitrogens is 1. The van der Waals surface area contributed by atoms with Crippen molar-refractivity contribution in [3.63, 3.8) is 0 Å². The Hall–Kier alpha value is -1.43. The van der Waals surface area contributed by atoms with E-state index in [2.05, 4.69) is 4.98 Å². The molecule has 6 heteroatoms. The molecule has 0 radical (unpaired) electrons. The standard InChI is InChI=1S/C11H15FN2O3/c1-3-7-6(2)9(12)10(17-7)14-5-4-8(15)13-11(14)16/h4-7,9-10H,3H2,1-2H3,(H,13,15,16)/t6-,7-,9+,10-/m1/s1. The van der Waals surface area contributed by atoms with Gasteiger partial charge in [-0.1, -0.05) is 13.8 Å². The van der Waals surface area contributed by atoms with Crippen LogP contribution in [0.15, 0.2) is 21.9 Å². The molecule has 0 amide bonds. The van der Waals surface area contributed by atoms with Crippen LogP contribution in [0.1, 0.15) is 26.5 Å². The maximum Gasteiger partial charge on any atom is 0.330 e. The molecule has 2 heterocycles. The minimum absolute atomic E-state index is 0.200. The second kappa shape index (κ2) is 4.44. The Bertz CT molecular complexity index is 510. The first-order chi connectivity index (χ1) is 8.04. The Morgan fingerprint density at radius 2 is 2.24 bits per heavy atom. The summed E-state index contributed by atoms with van der Waals surface area (Å²) in [4.78, 5) is 24.5. The van der Waals surface area contributed by atoms with E-state index in [0.29, 0.717) is 6.42 Å². The highest BCUT2D eigenvalue weighted by atomic mass is 19.1. The van der Waals surface area contributed by atoms with Crippen molar-refractivity contribution in [1.29, 1.82) is 0 Å². The lowest BCUT2D eigenvalue weighted by Gasteiger charge is -2.15. The van der Waals surface area contributed by atoms with Gasteiger partial charge in [-0.05, 0) is 6.42 Å². The third kappa shape index (κ3) is 2.04. The minimum Gasteiger partial charge on any atom is -0.351 e. The first-order valence-electron chi connectivity index (χ1n) is 5.65. The van der Waals surface area contributed by atoms with E-state index >= 15 is 0 Å². The van der Waals surface area contributed by atoms with E-state index in [4.69, 9.17) is 4.74 Å². The van der Waals surface area contributed by atoms with Crippen molar-refractivity contribution in [2.75, 3.05) is 0 Å². The number of aromatic amines is 1. The number of aromatic nitrogens is 2. The minimum atomic E-state index is -1.25. The van der Waals surface area contributed by atoms with Crippen LogP contribution in [0.4, 0.5) is 4.39 Å². The molecule has 0 aliphatic carbocycles. The van der Waals surface area contributed by atoms with Crippen molar-refractivity contribution in [3.8, 4) is 0 Å². The van der Waals surface area contributed by atoms with Gasteiger partial charge in [-0.25, -0.2) is 9.18 Å². The van der Waals surface area contributed by atoms with E-state index in [-0.39, 0.29) is 12.0 Å². The molecular weight excluding hydrogens is 227 g/mol.